The van der Waals surface area contributed by atoms with E-state index in [1.807, 2.05) is 0 Å². The summed E-state index contributed by atoms with van der Waals surface area (Å²) in [4.78, 5) is 36.7. The van der Waals surface area contributed by atoms with E-state index in [9.17, 15) is 14.4 Å². The normalized spacial score (nSPS) is 24.8. The Kier molecular flexibility index (Phi) is 4.62. The number of amides is 2. The predicted molar refractivity (Wildman–Crippen MR) is 91.1 cm³/mol. The number of ether oxygens (including phenoxy) is 1. The van der Waals surface area contributed by atoms with Gasteiger partial charge >= 0.3 is 5.97 Å². The first-order valence-electron chi connectivity index (χ1n) is 8.33. The van der Waals surface area contributed by atoms with E-state index in [0.717, 1.165) is 30.6 Å². The van der Waals surface area contributed by atoms with Crippen LogP contribution in [0.5, 0.6) is 0 Å². The molecule has 2 aliphatic carbocycles. The Morgan fingerprint density at radius 2 is 2.04 bits per heavy atom. The van der Waals surface area contributed by atoms with Crippen molar-refractivity contribution in [3.63, 3.8) is 0 Å². The van der Waals surface area contributed by atoms with Gasteiger partial charge in [0.05, 0.1) is 17.0 Å². The van der Waals surface area contributed by atoms with Gasteiger partial charge in [-0.15, -0.1) is 11.3 Å². The zero-order chi connectivity index (χ0) is 17.4. The van der Waals surface area contributed by atoms with Crippen LogP contribution in [0.25, 0.3) is 0 Å². The maximum absolute atomic E-state index is 12.7. The van der Waals surface area contributed by atoms with Crippen LogP contribution in [0.4, 0.5) is 5.00 Å². The van der Waals surface area contributed by atoms with Crippen LogP contribution in [0.2, 0.25) is 0 Å². The van der Waals surface area contributed by atoms with Crippen LogP contribution in [-0.2, 0) is 9.53 Å². The molecule has 2 aliphatic rings. The molecule has 2 bridgehead atoms. The van der Waals surface area contributed by atoms with Gasteiger partial charge < -0.3 is 15.8 Å². The van der Waals surface area contributed by atoms with Crippen molar-refractivity contribution in [1.82, 2.24) is 0 Å². The molecule has 2 amide bonds. The first kappa shape index (κ1) is 17.0. The predicted octanol–water partition coefficient (Wildman–Crippen LogP) is 2.71. The number of fused-ring (bicyclic) bond motifs is 2. The van der Waals surface area contributed by atoms with Crippen LogP contribution in [0.1, 0.15) is 58.2 Å². The van der Waals surface area contributed by atoms with Crippen molar-refractivity contribution in [3.8, 4) is 0 Å². The third-order valence-corrected chi connectivity index (χ3v) is 6.38. The monoisotopic (exact) mass is 350 g/mol. The number of thiophene rings is 1. The van der Waals surface area contributed by atoms with E-state index < -0.39 is 11.9 Å². The van der Waals surface area contributed by atoms with Gasteiger partial charge in [-0.3, -0.25) is 9.59 Å². The van der Waals surface area contributed by atoms with Crippen LogP contribution in [0, 0.1) is 24.7 Å². The van der Waals surface area contributed by atoms with Gasteiger partial charge in [0.25, 0.3) is 5.91 Å². The van der Waals surface area contributed by atoms with Crippen LogP contribution in [0.15, 0.2) is 0 Å². The van der Waals surface area contributed by atoms with Crippen LogP contribution in [-0.4, -0.2) is 24.4 Å². The molecule has 1 heterocycles. The van der Waals surface area contributed by atoms with Crippen molar-refractivity contribution in [1.29, 1.82) is 0 Å². The van der Waals surface area contributed by atoms with E-state index in [-0.39, 0.29) is 28.9 Å². The van der Waals surface area contributed by atoms with Crippen LogP contribution in [0.3, 0.4) is 0 Å². The molecular weight excluding hydrogens is 328 g/mol. The van der Waals surface area contributed by atoms with Gasteiger partial charge in [0, 0.05) is 5.92 Å². The molecular formula is C17H22N2O4S. The lowest BCUT2D eigenvalue weighted by atomic mass is 9.88. The van der Waals surface area contributed by atoms with E-state index in [1.165, 1.54) is 6.42 Å². The van der Waals surface area contributed by atoms with Crippen molar-refractivity contribution in [2.24, 2.45) is 23.5 Å². The minimum atomic E-state index is -0.608. The number of hydrogen-bond donors (Lipinski definition) is 2. The number of nitrogens with two attached hydrogens (primary N) is 1. The summed E-state index contributed by atoms with van der Waals surface area (Å²) < 4.78 is 5.06. The van der Waals surface area contributed by atoms with Gasteiger partial charge in [0.1, 0.15) is 5.00 Å². The van der Waals surface area contributed by atoms with Gasteiger partial charge in [0.2, 0.25) is 5.91 Å². The van der Waals surface area contributed by atoms with Crippen LogP contribution >= 0.6 is 11.3 Å². The van der Waals surface area contributed by atoms with Gasteiger partial charge in [-0.1, -0.05) is 6.42 Å². The highest BCUT2D eigenvalue weighted by Crippen LogP contribution is 2.49. The molecule has 1 aromatic rings. The second kappa shape index (κ2) is 6.55. The number of carbonyl (C=O) groups excluding carboxylic acids is 3. The minimum absolute atomic E-state index is 0.00164. The Bertz CT molecular complexity index is 697. The Morgan fingerprint density at radius 3 is 2.58 bits per heavy atom. The number of anilines is 1. The summed E-state index contributed by atoms with van der Waals surface area (Å²) in [7, 11) is 0. The fourth-order valence-corrected chi connectivity index (χ4v) is 5.11. The van der Waals surface area contributed by atoms with E-state index in [4.69, 9.17) is 10.5 Å². The lowest BCUT2D eigenvalue weighted by Crippen LogP contribution is -2.27. The second-order valence-corrected chi connectivity index (χ2v) is 7.64. The number of carbonyl (C=O) groups is 3. The topological polar surface area (TPSA) is 98.5 Å². The van der Waals surface area contributed by atoms with Gasteiger partial charge in [-0.2, -0.15) is 0 Å². The zero-order valence-corrected chi connectivity index (χ0v) is 14.7. The molecule has 130 valence electrons. The molecule has 7 heteroatoms. The summed E-state index contributed by atoms with van der Waals surface area (Å²) in [6, 6.07) is 0. The molecule has 0 aromatic carbocycles. The van der Waals surface area contributed by atoms with Crippen molar-refractivity contribution >= 4 is 34.1 Å². The Labute approximate surface area is 144 Å². The van der Waals surface area contributed by atoms with Crippen molar-refractivity contribution in [2.45, 2.75) is 39.5 Å². The highest BCUT2D eigenvalue weighted by atomic mass is 32.1. The molecule has 1 aromatic heterocycles. The molecule has 2 fully saturated rings. The van der Waals surface area contributed by atoms with E-state index in [0.29, 0.717) is 22.4 Å². The molecule has 0 unspecified atom stereocenters. The molecule has 3 N–H and O–H groups in total. The molecule has 0 spiro atoms. The molecule has 24 heavy (non-hydrogen) atoms. The summed E-state index contributed by atoms with van der Waals surface area (Å²) in [5.74, 6) is -0.118. The number of rotatable bonds is 5. The van der Waals surface area contributed by atoms with Crippen LogP contribution < -0.4 is 11.1 Å². The summed E-state index contributed by atoms with van der Waals surface area (Å²) in [5, 5.41) is 3.23. The maximum atomic E-state index is 12.7. The lowest BCUT2D eigenvalue weighted by Gasteiger charge is -2.20. The molecule has 6 nitrogen and oxygen atoms in total. The standard InChI is InChI=1S/C17H22N2O4S/c1-3-23-17(22)12-8(2)13(14(18)20)24-16(12)19-15(21)11-7-9-4-5-10(11)6-9/h9-11H,3-7H2,1-2H3,(H2,18,20)(H,19,21)/t9-,10-,11+/m1/s1. The molecule has 2 saturated carbocycles. The zero-order valence-electron chi connectivity index (χ0n) is 13.9. The molecule has 0 saturated heterocycles. The fourth-order valence-electron chi connectivity index (χ4n) is 4.06. The number of esters is 1. The number of primary amides is 1. The highest BCUT2D eigenvalue weighted by molar-refractivity contribution is 7.18. The van der Waals surface area contributed by atoms with E-state index >= 15 is 0 Å². The SMILES string of the molecule is CCOC(=O)c1c(NC(=O)[C@H]2C[C@@H]3CC[C@@H]2C3)sc(C(N)=O)c1C. The summed E-state index contributed by atoms with van der Waals surface area (Å²) in [5.41, 5.74) is 6.09. The Morgan fingerprint density at radius 1 is 1.29 bits per heavy atom. The smallest absolute Gasteiger partial charge is 0.341 e. The van der Waals surface area contributed by atoms with Gasteiger partial charge in [0.15, 0.2) is 0 Å². The molecule has 0 aliphatic heterocycles. The molecule has 0 radical (unpaired) electrons. The average molecular weight is 350 g/mol. The summed E-state index contributed by atoms with van der Waals surface area (Å²) in [6.45, 7) is 3.58. The van der Waals surface area contributed by atoms with Crippen molar-refractivity contribution in [3.05, 3.63) is 16.0 Å². The second-order valence-electron chi connectivity index (χ2n) is 6.62. The van der Waals surface area contributed by atoms with E-state index in [2.05, 4.69) is 5.32 Å². The third-order valence-electron chi connectivity index (χ3n) is 5.16. The van der Waals surface area contributed by atoms with Gasteiger partial charge in [-0.25, -0.2) is 4.79 Å². The number of nitrogens with one attached hydrogen (secondary N) is 1. The van der Waals surface area contributed by atoms with Crippen molar-refractivity contribution in [2.75, 3.05) is 11.9 Å². The third kappa shape index (κ3) is 2.92. The summed E-state index contributed by atoms with van der Waals surface area (Å²) >= 11 is 1.05. The Balaban J connectivity index is 1.86. The molecule has 3 rings (SSSR count). The first-order valence-corrected chi connectivity index (χ1v) is 9.15. The summed E-state index contributed by atoms with van der Waals surface area (Å²) in [6.07, 6.45) is 4.35. The van der Waals surface area contributed by atoms with Crippen molar-refractivity contribution < 1.29 is 19.1 Å². The number of hydrogen-bond acceptors (Lipinski definition) is 5. The first-order chi connectivity index (χ1) is 11.4. The molecule has 3 atom stereocenters. The minimum Gasteiger partial charge on any atom is -0.462 e. The fraction of sp³-hybridized carbons (Fsp3) is 0.588. The highest BCUT2D eigenvalue weighted by Gasteiger charge is 2.43. The average Bonchev–Trinajstić information content (AvgIpc) is 3.21. The van der Waals surface area contributed by atoms with Gasteiger partial charge in [-0.05, 0) is 50.5 Å². The van der Waals surface area contributed by atoms with E-state index in [1.54, 1.807) is 13.8 Å². The Hall–Kier alpha value is -1.89. The lowest BCUT2D eigenvalue weighted by molar-refractivity contribution is -0.121. The quantitative estimate of drug-likeness (QED) is 0.798. The largest absolute Gasteiger partial charge is 0.462 e. The maximum Gasteiger partial charge on any atom is 0.341 e.